The van der Waals surface area contributed by atoms with Gasteiger partial charge in [0, 0.05) is 29.7 Å². The van der Waals surface area contributed by atoms with Gasteiger partial charge in [-0.15, -0.1) is 10.2 Å². The molecule has 1 aliphatic rings. The quantitative estimate of drug-likeness (QED) is 0.590. The maximum atomic E-state index is 12.3. The van der Waals surface area contributed by atoms with Crippen LogP contribution in [0.5, 0.6) is 11.5 Å². The SMILES string of the molecule is Cc1cc2c(cc1-c1nnc(SCC(=O)Nc3cccc(Cl)c3)n1C)OCCCO2. The molecule has 156 valence electrons. The zero-order valence-electron chi connectivity index (χ0n) is 16.6. The van der Waals surface area contributed by atoms with Crippen molar-refractivity contribution in [1.29, 1.82) is 0 Å². The summed E-state index contributed by atoms with van der Waals surface area (Å²) in [5.41, 5.74) is 2.60. The first-order valence-corrected chi connectivity index (χ1v) is 10.9. The number of benzene rings is 2. The number of nitrogens with zero attached hydrogens (tertiary/aromatic N) is 3. The first-order chi connectivity index (χ1) is 14.5. The number of hydrogen-bond acceptors (Lipinski definition) is 6. The Kier molecular flexibility index (Phi) is 6.15. The van der Waals surface area contributed by atoms with Crippen LogP contribution < -0.4 is 14.8 Å². The highest BCUT2D eigenvalue weighted by Gasteiger charge is 2.19. The van der Waals surface area contributed by atoms with Crippen LogP contribution in [0.15, 0.2) is 41.6 Å². The molecule has 1 amide bonds. The van der Waals surface area contributed by atoms with E-state index >= 15 is 0 Å². The number of anilines is 1. The van der Waals surface area contributed by atoms with E-state index in [1.165, 1.54) is 11.8 Å². The highest BCUT2D eigenvalue weighted by atomic mass is 35.5. The number of carbonyl (C=O) groups is 1. The summed E-state index contributed by atoms with van der Waals surface area (Å²) in [5.74, 6) is 2.24. The van der Waals surface area contributed by atoms with Gasteiger partial charge >= 0.3 is 0 Å². The molecule has 1 aliphatic heterocycles. The monoisotopic (exact) mass is 444 g/mol. The molecule has 0 saturated heterocycles. The molecule has 0 radical (unpaired) electrons. The van der Waals surface area contributed by atoms with Gasteiger partial charge in [-0.05, 0) is 42.8 Å². The fourth-order valence-corrected chi connectivity index (χ4v) is 4.02. The number of ether oxygens (including phenoxy) is 2. The minimum Gasteiger partial charge on any atom is -0.490 e. The van der Waals surface area contributed by atoms with Crippen molar-refractivity contribution in [1.82, 2.24) is 14.8 Å². The Morgan fingerprint density at radius 2 is 1.97 bits per heavy atom. The standard InChI is InChI=1S/C21H21ClN4O3S/c1-13-9-17-18(29-8-4-7-28-17)11-16(13)20-24-25-21(26(20)2)30-12-19(27)23-15-6-3-5-14(22)10-15/h3,5-6,9-11H,4,7-8,12H2,1-2H3,(H,23,27). The van der Waals surface area contributed by atoms with Crippen molar-refractivity contribution in [3.63, 3.8) is 0 Å². The average Bonchev–Trinajstić information content (AvgIpc) is 2.92. The molecule has 0 bridgehead atoms. The Bertz CT molecular complexity index is 1090. The van der Waals surface area contributed by atoms with E-state index in [0.29, 0.717) is 40.7 Å². The van der Waals surface area contributed by atoms with E-state index < -0.39 is 0 Å². The van der Waals surface area contributed by atoms with Gasteiger partial charge in [-0.2, -0.15) is 0 Å². The van der Waals surface area contributed by atoms with Crippen LogP contribution in [-0.2, 0) is 11.8 Å². The van der Waals surface area contributed by atoms with Crippen molar-refractivity contribution in [3.8, 4) is 22.9 Å². The number of fused-ring (bicyclic) bond motifs is 1. The molecule has 1 aromatic heterocycles. The predicted octanol–water partition coefficient (Wildman–Crippen LogP) is 4.34. The molecular formula is C21H21ClN4O3S. The third-order valence-corrected chi connectivity index (χ3v) is 5.87. The van der Waals surface area contributed by atoms with Crippen molar-refractivity contribution >= 4 is 35.0 Å². The topological polar surface area (TPSA) is 78.3 Å². The number of aromatic nitrogens is 3. The van der Waals surface area contributed by atoms with Crippen LogP contribution in [0.4, 0.5) is 5.69 Å². The van der Waals surface area contributed by atoms with E-state index in [1.807, 2.05) is 30.7 Å². The van der Waals surface area contributed by atoms with Gasteiger partial charge in [-0.25, -0.2) is 0 Å². The minimum absolute atomic E-state index is 0.140. The van der Waals surface area contributed by atoms with Crippen LogP contribution in [0.25, 0.3) is 11.4 Å². The minimum atomic E-state index is -0.140. The van der Waals surface area contributed by atoms with Crippen molar-refractivity contribution < 1.29 is 14.3 Å². The predicted molar refractivity (Wildman–Crippen MR) is 118 cm³/mol. The summed E-state index contributed by atoms with van der Waals surface area (Å²) in [6.45, 7) is 3.27. The number of amides is 1. The molecule has 0 aliphatic carbocycles. The number of rotatable bonds is 5. The van der Waals surface area contributed by atoms with E-state index in [1.54, 1.807) is 24.3 Å². The molecule has 2 heterocycles. The smallest absolute Gasteiger partial charge is 0.234 e. The number of carbonyl (C=O) groups excluding carboxylic acids is 1. The second-order valence-electron chi connectivity index (χ2n) is 6.88. The second kappa shape index (κ2) is 8.97. The third kappa shape index (κ3) is 4.55. The number of hydrogen-bond donors (Lipinski definition) is 1. The molecule has 3 aromatic rings. The molecule has 9 heteroatoms. The van der Waals surface area contributed by atoms with E-state index in [4.69, 9.17) is 21.1 Å². The van der Waals surface area contributed by atoms with Gasteiger partial charge in [0.05, 0.1) is 19.0 Å². The largest absolute Gasteiger partial charge is 0.490 e. The summed E-state index contributed by atoms with van der Waals surface area (Å²) < 4.78 is 13.4. The zero-order valence-corrected chi connectivity index (χ0v) is 18.2. The van der Waals surface area contributed by atoms with Crippen molar-refractivity contribution in [2.75, 3.05) is 24.3 Å². The first-order valence-electron chi connectivity index (χ1n) is 9.49. The average molecular weight is 445 g/mol. The van der Waals surface area contributed by atoms with Crippen LogP contribution in [0.2, 0.25) is 5.02 Å². The molecular weight excluding hydrogens is 424 g/mol. The van der Waals surface area contributed by atoms with Crippen molar-refractivity contribution in [2.24, 2.45) is 7.05 Å². The van der Waals surface area contributed by atoms with Gasteiger partial charge < -0.3 is 19.4 Å². The van der Waals surface area contributed by atoms with E-state index in [-0.39, 0.29) is 11.7 Å². The lowest BCUT2D eigenvalue weighted by Gasteiger charge is -2.12. The normalized spacial score (nSPS) is 13.0. The van der Waals surface area contributed by atoms with Crippen LogP contribution in [0.3, 0.4) is 0 Å². The highest BCUT2D eigenvalue weighted by molar-refractivity contribution is 7.99. The molecule has 0 unspecified atom stereocenters. The Labute approximate surface area is 183 Å². The van der Waals surface area contributed by atoms with E-state index in [0.717, 1.165) is 23.3 Å². The molecule has 4 rings (SSSR count). The van der Waals surface area contributed by atoms with Gasteiger partial charge in [0.25, 0.3) is 0 Å². The van der Waals surface area contributed by atoms with Gasteiger partial charge in [0.2, 0.25) is 5.91 Å². The Balaban J connectivity index is 1.48. The molecule has 7 nitrogen and oxygen atoms in total. The van der Waals surface area contributed by atoms with Gasteiger partial charge in [0.1, 0.15) is 0 Å². The summed E-state index contributed by atoms with van der Waals surface area (Å²) in [5, 5.41) is 12.7. The third-order valence-electron chi connectivity index (χ3n) is 4.61. The maximum absolute atomic E-state index is 12.3. The molecule has 0 spiro atoms. The van der Waals surface area contributed by atoms with Crippen molar-refractivity contribution in [3.05, 3.63) is 47.0 Å². The van der Waals surface area contributed by atoms with Crippen LogP contribution >= 0.6 is 23.4 Å². The molecule has 0 saturated carbocycles. The number of halogens is 1. The van der Waals surface area contributed by atoms with Gasteiger partial charge in [-0.1, -0.05) is 29.4 Å². The second-order valence-corrected chi connectivity index (χ2v) is 8.26. The highest BCUT2D eigenvalue weighted by Crippen LogP contribution is 2.37. The van der Waals surface area contributed by atoms with Gasteiger partial charge in [-0.3, -0.25) is 4.79 Å². The van der Waals surface area contributed by atoms with Gasteiger partial charge in [0.15, 0.2) is 22.5 Å². The fourth-order valence-electron chi connectivity index (χ4n) is 3.12. The van der Waals surface area contributed by atoms with Crippen LogP contribution in [-0.4, -0.2) is 39.6 Å². The Morgan fingerprint density at radius 1 is 1.20 bits per heavy atom. The summed E-state index contributed by atoms with van der Waals surface area (Å²) in [6, 6.07) is 11.0. The first kappa shape index (κ1) is 20.6. The number of nitrogens with one attached hydrogen (secondary N) is 1. The summed E-state index contributed by atoms with van der Waals surface area (Å²) >= 11 is 7.27. The summed E-state index contributed by atoms with van der Waals surface area (Å²) in [6.07, 6.45) is 0.852. The van der Waals surface area contributed by atoms with E-state index in [2.05, 4.69) is 15.5 Å². The molecule has 0 atom stereocenters. The number of thioether (sulfide) groups is 1. The molecule has 2 aromatic carbocycles. The number of aryl methyl sites for hydroxylation is 1. The molecule has 30 heavy (non-hydrogen) atoms. The van der Waals surface area contributed by atoms with Crippen molar-refractivity contribution in [2.45, 2.75) is 18.5 Å². The lowest BCUT2D eigenvalue weighted by molar-refractivity contribution is -0.113. The molecule has 1 N–H and O–H groups in total. The fraction of sp³-hybridized carbons (Fsp3) is 0.286. The molecule has 0 fully saturated rings. The summed E-state index contributed by atoms with van der Waals surface area (Å²) in [4.78, 5) is 12.3. The Morgan fingerprint density at radius 3 is 2.73 bits per heavy atom. The van der Waals surface area contributed by atoms with E-state index in [9.17, 15) is 4.79 Å². The summed E-state index contributed by atoms with van der Waals surface area (Å²) in [7, 11) is 1.88. The zero-order chi connectivity index (χ0) is 21.1. The van der Waals surface area contributed by atoms with Crippen LogP contribution in [0, 0.1) is 6.92 Å². The lowest BCUT2D eigenvalue weighted by Crippen LogP contribution is -2.14. The Hall–Kier alpha value is -2.71. The maximum Gasteiger partial charge on any atom is 0.234 e. The van der Waals surface area contributed by atoms with Crippen LogP contribution in [0.1, 0.15) is 12.0 Å². The lowest BCUT2D eigenvalue weighted by atomic mass is 10.1.